The van der Waals surface area contributed by atoms with E-state index in [4.69, 9.17) is 9.72 Å². The highest BCUT2D eigenvalue weighted by Gasteiger charge is 2.35. The molecule has 1 saturated carbocycles. The number of para-hydroxylation sites is 1. The zero-order valence-electron chi connectivity index (χ0n) is 17.8. The van der Waals surface area contributed by atoms with Crippen molar-refractivity contribution in [2.24, 2.45) is 5.92 Å². The molecule has 1 aliphatic rings. The Balaban J connectivity index is 1.31. The highest BCUT2D eigenvalue weighted by molar-refractivity contribution is 7.18. The van der Waals surface area contributed by atoms with Gasteiger partial charge in [-0.15, -0.1) is 11.3 Å². The van der Waals surface area contributed by atoms with Crippen LogP contribution >= 0.6 is 11.3 Å². The first kappa shape index (κ1) is 21.5. The number of nitrogens with one attached hydrogen (secondary N) is 1. The van der Waals surface area contributed by atoms with E-state index in [1.165, 1.54) is 5.56 Å². The normalized spacial score (nSPS) is 19.6. The number of thiazole rings is 1. The molecule has 1 N–H and O–H groups in total. The van der Waals surface area contributed by atoms with Crippen LogP contribution in [0.15, 0.2) is 54.6 Å². The lowest BCUT2D eigenvalue weighted by molar-refractivity contribution is -0.154. The van der Waals surface area contributed by atoms with Crippen LogP contribution in [-0.4, -0.2) is 30.0 Å². The summed E-state index contributed by atoms with van der Waals surface area (Å²) in [4.78, 5) is 29.8. The molecule has 3 atom stereocenters. The monoisotopic (exact) mass is 436 g/mol. The summed E-state index contributed by atoms with van der Waals surface area (Å²) in [7, 11) is 0. The molecule has 1 fully saturated rings. The standard InChI is InChI=1S/C25H28N2O3S/c1-17(18-9-3-2-4-10-18)15-26-23(28)16-30-25(29)20-12-6-5-11-19(20)24-27-21-13-7-8-14-22(21)31-24/h2-4,7-10,13-14,17,19-20H,5-6,11-12,15-16H2,1H3,(H,26,28). The molecule has 2 aromatic carbocycles. The van der Waals surface area contributed by atoms with E-state index in [9.17, 15) is 9.59 Å². The zero-order chi connectivity index (χ0) is 21.6. The number of ether oxygens (including phenoxy) is 1. The molecule has 162 valence electrons. The van der Waals surface area contributed by atoms with Gasteiger partial charge in [-0.05, 0) is 36.5 Å². The lowest BCUT2D eigenvalue weighted by Gasteiger charge is -2.28. The van der Waals surface area contributed by atoms with Gasteiger partial charge < -0.3 is 10.1 Å². The van der Waals surface area contributed by atoms with Crippen LogP contribution in [0.5, 0.6) is 0 Å². The van der Waals surface area contributed by atoms with Crippen LogP contribution < -0.4 is 5.32 Å². The average molecular weight is 437 g/mol. The van der Waals surface area contributed by atoms with E-state index in [0.29, 0.717) is 6.54 Å². The van der Waals surface area contributed by atoms with E-state index in [1.54, 1.807) is 11.3 Å². The Morgan fingerprint density at radius 2 is 1.84 bits per heavy atom. The highest BCUT2D eigenvalue weighted by Crippen LogP contribution is 2.41. The molecule has 1 aromatic heterocycles. The third-order valence-electron chi connectivity index (χ3n) is 6.02. The minimum Gasteiger partial charge on any atom is -0.455 e. The fourth-order valence-corrected chi connectivity index (χ4v) is 5.39. The molecular formula is C25H28N2O3S. The van der Waals surface area contributed by atoms with E-state index in [2.05, 4.69) is 18.3 Å². The van der Waals surface area contributed by atoms with Crippen LogP contribution in [0.2, 0.25) is 0 Å². The third kappa shape index (κ3) is 5.31. The maximum absolute atomic E-state index is 12.8. The van der Waals surface area contributed by atoms with Gasteiger partial charge in [0.05, 0.1) is 21.1 Å². The van der Waals surface area contributed by atoms with Crippen LogP contribution in [0, 0.1) is 5.92 Å². The fraction of sp³-hybridized carbons (Fsp3) is 0.400. The van der Waals surface area contributed by atoms with Crippen LogP contribution in [0.4, 0.5) is 0 Å². The van der Waals surface area contributed by atoms with Gasteiger partial charge in [-0.2, -0.15) is 0 Å². The Hall–Kier alpha value is -2.73. The summed E-state index contributed by atoms with van der Waals surface area (Å²) in [5, 5.41) is 3.88. The summed E-state index contributed by atoms with van der Waals surface area (Å²) < 4.78 is 6.57. The quantitative estimate of drug-likeness (QED) is 0.527. The Kier molecular flexibility index (Phi) is 6.97. The first-order chi connectivity index (χ1) is 15.1. The lowest BCUT2D eigenvalue weighted by atomic mass is 9.79. The number of aromatic nitrogens is 1. The van der Waals surface area contributed by atoms with Crippen molar-refractivity contribution in [3.8, 4) is 0 Å². The average Bonchev–Trinajstić information content (AvgIpc) is 3.25. The number of fused-ring (bicyclic) bond motifs is 1. The predicted octanol–water partition coefficient (Wildman–Crippen LogP) is 5.03. The molecule has 5 nitrogen and oxygen atoms in total. The molecule has 31 heavy (non-hydrogen) atoms. The van der Waals surface area contributed by atoms with Gasteiger partial charge in [-0.25, -0.2) is 4.98 Å². The number of rotatable bonds is 7. The zero-order valence-corrected chi connectivity index (χ0v) is 18.6. The number of benzene rings is 2. The van der Waals surface area contributed by atoms with Gasteiger partial charge in [0.25, 0.3) is 5.91 Å². The number of hydrogen-bond acceptors (Lipinski definition) is 5. The van der Waals surface area contributed by atoms with E-state index in [1.807, 2.05) is 48.5 Å². The Morgan fingerprint density at radius 1 is 1.10 bits per heavy atom. The summed E-state index contributed by atoms with van der Waals surface area (Å²) in [6, 6.07) is 18.1. The van der Waals surface area contributed by atoms with E-state index >= 15 is 0 Å². The highest BCUT2D eigenvalue weighted by atomic mass is 32.1. The van der Waals surface area contributed by atoms with Crippen molar-refractivity contribution in [3.63, 3.8) is 0 Å². The number of hydrogen-bond donors (Lipinski definition) is 1. The molecule has 0 radical (unpaired) electrons. The van der Waals surface area contributed by atoms with Crippen molar-refractivity contribution < 1.29 is 14.3 Å². The smallest absolute Gasteiger partial charge is 0.310 e. The topological polar surface area (TPSA) is 68.3 Å². The van der Waals surface area contributed by atoms with Crippen LogP contribution in [0.3, 0.4) is 0 Å². The summed E-state index contributed by atoms with van der Waals surface area (Å²) >= 11 is 1.66. The molecule has 0 saturated heterocycles. The summed E-state index contributed by atoms with van der Waals surface area (Å²) in [5.41, 5.74) is 2.15. The first-order valence-electron chi connectivity index (χ1n) is 11.0. The molecule has 3 unspecified atom stereocenters. The van der Waals surface area contributed by atoms with Gasteiger partial charge in [0, 0.05) is 12.5 Å². The first-order valence-corrected chi connectivity index (χ1v) is 11.8. The second-order valence-corrected chi connectivity index (χ2v) is 9.30. The van der Waals surface area contributed by atoms with Gasteiger partial charge in [0.2, 0.25) is 0 Å². The number of amides is 1. The Labute approximate surface area is 186 Å². The minimum absolute atomic E-state index is 0.0693. The van der Waals surface area contributed by atoms with Crippen molar-refractivity contribution in [3.05, 3.63) is 65.2 Å². The van der Waals surface area contributed by atoms with E-state index in [0.717, 1.165) is 40.9 Å². The minimum atomic E-state index is -0.282. The Bertz CT molecular complexity index is 1000. The summed E-state index contributed by atoms with van der Waals surface area (Å²) in [5.74, 6) is -0.508. The fourth-order valence-electron chi connectivity index (χ4n) is 4.22. The van der Waals surface area contributed by atoms with Gasteiger partial charge in [0.1, 0.15) is 0 Å². The number of esters is 1. The SMILES string of the molecule is CC(CNC(=O)COC(=O)C1CCCCC1c1nc2ccccc2s1)c1ccccc1. The van der Waals surface area contributed by atoms with Crippen molar-refractivity contribution >= 4 is 33.4 Å². The molecule has 1 aliphatic carbocycles. The second kappa shape index (κ2) is 10.1. The van der Waals surface area contributed by atoms with E-state index in [-0.39, 0.29) is 36.2 Å². The van der Waals surface area contributed by atoms with E-state index < -0.39 is 0 Å². The maximum Gasteiger partial charge on any atom is 0.310 e. The molecule has 3 aromatic rings. The third-order valence-corrected chi connectivity index (χ3v) is 7.18. The summed E-state index contributed by atoms with van der Waals surface area (Å²) in [6.07, 6.45) is 3.80. The van der Waals surface area contributed by atoms with Crippen molar-refractivity contribution in [2.75, 3.05) is 13.2 Å². The number of nitrogens with zero attached hydrogens (tertiary/aromatic N) is 1. The largest absolute Gasteiger partial charge is 0.455 e. The van der Waals surface area contributed by atoms with Gasteiger partial charge in [-0.3, -0.25) is 9.59 Å². The van der Waals surface area contributed by atoms with Crippen LogP contribution in [-0.2, 0) is 14.3 Å². The molecule has 1 amide bonds. The number of carbonyl (C=O) groups excluding carboxylic acids is 2. The number of carbonyl (C=O) groups is 2. The predicted molar refractivity (Wildman–Crippen MR) is 123 cm³/mol. The molecule has 0 bridgehead atoms. The van der Waals surface area contributed by atoms with Gasteiger partial charge >= 0.3 is 5.97 Å². The summed E-state index contributed by atoms with van der Waals surface area (Å²) in [6.45, 7) is 2.34. The molecule has 4 rings (SSSR count). The van der Waals surface area contributed by atoms with Crippen LogP contribution in [0.25, 0.3) is 10.2 Å². The lowest BCUT2D eigenvalue weighted by Crippen LogP contribution is -2.34. The molecule has 6 heteroatoms. The molecule has 0 aliphatic heterocycles. The molecule has 1 heterocycles. The van der Waals surface area contributed by atoms with Crippen LogP contribution in [0.1, 0.15) is 55.0 Å². The van der Waals surface area contributed by atoms with Crippen molar-refractivity contribution in [2.45, 2.75) is 44.4 Å². The maximum atomic E-state index is 12.8. The Morgan fingerprint density at radius 3 is 2.65 bits per heavy atom. The van der Waals surface area contributed by atoms with Crippen molar-refractivity contribution in [1.82, 2.24) is 10.3 Å². The molecular weight excluding hydrogens is 408 g/mol. The second-order valence-electron chi connectivity index (χ2n) is 8.24. The van der Waals surface area contributed by atoms with Gasteiger partial charge in [0.15, 0.2) is 6.61 Å². The van der Waals surface area contributed by atoms with Gasteiger partial charge in [-0.1, -0.05) is 62.2 Å². The molecule has 0 spiro atoms. The van der Waals surface area contributed by atoms with Crippen molar-refractivity contribution in [1.29, 1.82) is 0 Å².